The Morgan fingerprint density at radius 1 is 0.781 bits per heavy atom. The first-order valence-corrected chi connectivity index (χ1v) is 10.3. The molecule has 5 rings (SSSR count). The fraction of sp³-hybridized carbons (Fsp3) is 0. The molecule has 32 heavy (non-hydrogen) atoms. The standard InChI is InChI=1S/C25H17ClFN5/c26-18-10-6-16(7-11-18)22-14-23(30-25(28)29-22)21-15-32(20-4-2-1-3-5-20)31-24(21)17-8-12-19(27)13-9-17/h1-15H,(H2,28,29,30). The van der Waals surface area contributed by atoms with E-state index in [0.717, 1.165) is 22.4 Å². The molecule has 0 bridgehead atoms. The summed E-state index contributed by atoms with van der Waals surface area (Å²) >= 11 is 6.02. The van der Waals surface area contributed by atoms with Crippen LogP contribution in [-0.2, 0) is 0 Å². The highest BCUT2D eigenvalue weighted by Crippen LogP contribution is 2.33. The molecule has 0 aliphatic rings. The second kappa shape index (κ2) is 8.24. The molecule has 0 spiro atoms. The van der Waals surface area contributed by atoms with Gasteiger partial charge < -0.3 is 5.73 Å². The minimum Gasteiger partial charge on any atom is -0.368 e. The number of hydrogen-bond acceptors (Lipinski definition) is 4. The lowest BCUT2D eigenvalue weighted by molar-refractivity contribution is 0.628. The smallest absolute Gasteiger partial charge is 0.221 e. The van der Waals surface area contributed by atoms with Crippen molar-refractivity contribution in [3.05, 3.63) is 102 Å². The topological polar surface area (TPSA) is 69.6 Å². The van der Waals surface area contributed by atoms with E-state index in [9.17, 15) is 4.39 Å². The molecule has 5 aromatic rings. The van der Waals surface area contributed by atoms with Crippen molar-refractivity contribution in [2.75, 3.05) is 5.73 Å². The number of rotatable bonds is 4. The average molecular weight is 442 g/mol. The Morgan fingerprint density at radius 2 is 1.44 bits per heavy atom. The van der Waals surface area contributed by atoms with Crippen LogP contribution in [0.4, 0.5) is 10.3 Å². The molecule has 0 atom stereocenters. The number of anilines is 1. The molecule has 0 amide bonds. The van der Waals surface area contributed by atoms with Gasteiger partial charge in [0.15, 0.2) is 0 Å². The van der Waals surface area contributed by atoms with Gasteiger partial charge >= 0.3 is 0 Å². The summed E-state index contributed by atoms with van der Waals surface area (Å²) in [6.07, 6.45) is 1.89. The molecule has 3 aromatic carbocycles. The lowest BCUT2D eigenvalue weighted by Crippen LogP contribution is -1.99. The Morgan fingerprint density at radius 3 is 2.16 bits per heavy atom. The molecule has 0 saturated heterocycles. The van der Waals surface area contributed by atoms with Crippen LogP contribution in [0.25, 0.3) is 39.5 Å². The van der Waals surface area contributed by atoms with Gasteiger partial charge in [-0.2, -0.15) is 5.10 Å². The van der Waals surface area contributed by atoms with E-state index in [1.54, 1.807) is 28.9 Å². The van der Waals surface area contributed by atoms with E-state index >= 15 is 0 Å². The number of nitrogens with two attached hydrogens (primary N) is 1. The Balaban J connectivity index is 1.69. The molecule has 2 N–H and O–H groups in total. The summed E-state index contributed by atoms with van der Waals surface area (Å²) in [7, 11) is 0. The van der Waals surface area contributed by atoms with Crippen molar-refractivity contribution in [2.45, 2.75) is 0 Å². The largest absolute Gasteiger partial charge is 0.368 e. The number of halogens is 2. The van der Waals surface area contributed by atoms with E-state index in [4.69, 9.17) is 22.4 Å². The molecule has 0 aliphatic heterocycles. The van der Waals surface area contributed by atoms with Gasteiger partial charge in [0.1, 0.15) is 11.5 Å². The van der Waals surface area contributed by atoms with Gasteiger partial charge in [-0.1, -0.05) is 41.9 Å². The minimum atomic E-state index is -0.311. The van der Waals surface area contributed by atoms with Crippen molar-refractivity contribution < 1.29 is 4.39 Å². The maximum atomic E-state index is 13.5. The van der Waals surface area contributed by atoms with Gasteiger partial charge in [0, 0.05) is 27.9 Å². The normalized spacial score (nSPS) is 10.9. The maximum absolute atomic E-state index is 13.5. The fourth-order valence-electron chi connectivity index (χ4n) is 3.47. The molecular weight excluding hydrogens is 425 g/mol. The average Bonchev–Trinajstić information content (AvgIpc) is 3.26. The van der Waals surface area contributed by atoms with E-state index < -0.39 is 0 Å². The van der Waals surface area contributed by atoms with Crippen molar-refractivity contribution in [1.82, 2.24) is 19.7 Å². The Labute approximate surface area is 189 Å². The van der Waals surface area contributed by atoms with E-state index in [0.29, 0.717) is 22.1 Å². The summed E-state index contributed by atoms with van der Waals surface area (Å²) in [6.45, 7) is 0. The van der Waals surface area contributed by atoms with Crippen molar-refractivity contribution in [1.29, 1.82) is 0 Å². The number of nitrogen functional groups attached to an aromatic ring is 1. The first-order valence-electron chi connectivity index (χ1n) is 9.89. The minimum absolute atomic E-state index is 0.143. The van der Waals surface area contributed by atoms with Gasteiger partial charge in [-0.05, 0) is 54.6 Å². The summed E-state index contributed by atoms with van der Waals surface area (Å²) in [5.74, 6) is -0.168. The zero-order valence-electron chi connectivity index (χ0n) is 16.8. The van der Waals surface area contributed by atoms with Crippen LogP contribution >= 0.6 is 11.6 Å². The quantitative estimate of drug-likeness (QED) is 0.369. The lowest BCUT2D eigenvalue weighted by Gasteiger charge is -2.07. The summed E-state index contributed by atoms with van der Waals surface area (Å²) in [5.41, 5.74) is 11.3. The second-order valence-corrected chi connectivity index (χ2v) is 7.62. The SMILES string of the molecule is Nc1nc(-c2ccc(Cl)cc2)cc(-c2cn(-c3ccccc3)nc2-c2ccc(F)cc2)n1. The van der Waals surface area contributed by atoms with Crippen LogP contribution in [0.2, 0.25) is 5.02 Å². The van der Waals surface area contributed by atoms with Crippen LogP contribution in [0.15, 0.2) is 91.1 Å². The third-order valence-electron chi connectivity index (χ3n) is 5.01. The highest BCUT2D eigenvalue weighted by molar-refractivity contribution is 6.30. The van der Waals surface area contributed by atoms with E-state index in [-0.39, 0.29) is 11.8 Å². The van der Waals surface area contributed by atoms with Crippen LogP contribution < -0.4 is 5.73 Å². The Bertz CT molecular complexity index is 1380. The van der Waals surface area contributed by atoms with E-state index in [1.165, 1.54) is 12.1 Å². The molecular formula is C25H17ClFN5. The maximum Gasteiger partial charge on any atom is 0.221 e. The molecule has 0 saturated carbocycles. The number of para-hydroxylation sites is 1. The number of hydrogen-bond donors (Lipinski definition) is 1. The number of benzene rings is 3. The molecule has 156 valence electrons. The third kappa shape index (κ3) is 3.96. The first-order chi connectivity index (χ1) is 15.6. The second-order valence-electron chi connectivity index (χ2n) is 7.18. The molecule has 0 radical (unpaired) electrons. The van der Waals surface area contributed by atoms with Crippen molar-refractivity contribution in [3.63, 3.8) is 0 Å². The van der Waals surface area contributed by atoms with Gasteiger partial charge in [0.2, 0.25) is 5.95 Å². The Kier molecular flexibility index (Phi) is 5.13. The summed E-state index contributed by atoms with van der Waals surface area (Å²) in [6, 6.07) is 25.2. The highest BCUT2D eigenvalue weighted by Gasteiger charge is 2.17. The van der Waals surface area contributed by atoms with Crippen molar-refractivity contribution >= 4 is 17.5 Å². The zero-order chi connectivity index (χ0) is 22.1. The van der Waals surface area contributed by atoms with Gasteiger partial charge in [-0.15, -0.1) is 0 Å². The van der Waals surface area contributed by atoms with Gasteiger partial charge in [0.05, 0.1) is 17.1 Å². The van der Waals surface area contributed by atoms with Crippen LogP contribution in [0.1, 0.15) is 0 Å². The molecule has 7 heteroatoms. The van der Waals surface area contributed by atoms with Gasteiger partial charge in [0.25, 0.3) is 0 Å². The molecule has 2 heterocycles. The number of aromatic nitrogens is 4. The Hall–Kier alpha value is -4.03. The van der Waals surface area contributed by atoms with Gasteiger partial charge in [-0.25, -0.2) is 19.0 Å². The highest BCUT2D eigenvalue weighted by atomic mass is 35.5. The van der Waals surface area contributed by atoms with E-state index in [2.05, 4.69) is 9.97 Å². The van der Waals surface area contributed by atoms with Crippen LogP contribution in [-0.4, -0.2) is 19.7 Å². The van der Waals surface area contributed by atoms with E-state index in [1.807, 2.05) is 54.7 Å². The van der Waals surface area contributed by atoms with Crippen LogP contribution in [0.3, 0.4) is 0 Å². The zero-order valence-corrected chi connectivity index (χ0v) is 17.5. The van der Waals surface area contributed by atoms with Crippen molar-refractivity contribution in [3.8, 4) is 39.5 Å². The van der Waals surface area contributed by atoms with Gasteiger partial charge in [-0.3, -0.25) is 0 Å². The predicted molar refractivity (Wildman–Crippen MR) is 125 cm³/mol. The third-order valence-corrected chi connectivity index (χ3v) is 5.26. The van der Waals surface area contributed by atoms with Crippen molar-refractivity contribution in [2.24, 2.45) is 0 Å². The first kappa shape index (κ1) is 19.9. The molecule has 0 unspecified atom stereocenters. The molecule has 0 aliphatic carbocycles. The van der Waals surface area contributed by atoms with Crippen LogP contribution in [0, 0.1) is 5.82 Å². The molecule has 0 fully saturated rings. The monoisotopic (exact) mass is 441 g/mol. The van der Waals surface area contributed by atoms with Crippen LogP contribution in [0.5, 0.6) is 0 Å². The molecule has 5 nitrogen and oxygen atoms in total. The molecule has 2 aromatic heterocycles. The summed E-state index contributed by atoms with van der Waals surface area (Å²) in [5, 5.41) is 5.41. The summed E-state index contributed by atoms with van der Waals surface area (Å²) < 4.78 is 15.3. The fourth-order valence-corrected chi connectivity index (χ4v) is 3.59. The lowest BCUT2D eigenvalue weighted by atomic mass is 10.0. The summed E-state index contributed by atoms with van der Waals surface area (Å²) in [4.78, 5) is 8.86. The number of nitrogens with zero attached hydrogens (tertiary/aromatic N) is 4. The predicted octanol–water partition coefficient (Wildman–Crippen LogP) is 6.04.